The van der Waals surface area contributed by atoms with Gasteiger partial charge in [-0.05, 0) is 54.5 Å². The van der Waals surface area contributed by atoms with Crippen molar-refractivity contribution in [3.63, 3.8) is 0 Å². The molecule has 3 N–H and O–H groups in total. The quantitative estimate of drug-likeness (QED) is 0.118. The van der Waals surface area contributed by atoms with E-state index in [9.17, 15) is 37.5 Å². The molecule has 0 spiro atoms. The van der Waals surface area contributed by atoms with E-state index in [2.05, 4.69) is 42.8 Å². The molecular formula is C47H55N11O9S2. The first-order valence-corrected chi connectivity index (χ1v) is 25.0. The lowest BCUT2D eigenvalue weighted by molar-refractivity contribution is -0.144. The fraction of sp³-hybridized carbons (Fsp3) is 0.426. The highest BCUT2D eigenvalue weighted by molar-refractivity contribution is 7.90. The van der Waals surface area contributed by atoms with Crippen LogP contribution in [-0.2, 0) is 64.4 Å². The number of nitrogens with zero attached hydrogens (tertiary/aromatic N) is 9. The van der Waals surface area contributed by atoms with Crippen molar-refractivity contribution >= 4 is 50.1 Å². The fourth-order valence-electron chi connectivity index (χ4n) is 8.03. The summed E-state index contributed by atoms with van der Waals surface area (Å²) in [6.45, 7) is 8.16. The molecule has 1 fully saturated rings. The molecule has 7 rings (SSSR count). The van der Waals surface area contributed by atoms with Crippen LogP contribution in [0, 0.1) is 24.2 Å². The zero-order chi connectivity index (χ0) is 49.8. The second-order valence-corrected chi connectivity index (χ2v) is 20.8. The third kappa shape index (κ3) is 11.7. The van der Waals surface area contributed by atoms with Crippen molar-refractivity contribution in [3.05, 3.63) is 104 Å². The van der Waals surface area contributed by atoms with Crippen molar-refractivity contribution in [2.75, 3.05) is 19.4 Å². The predicted molar refractivity (Wildman–Crippen MR) is 257 cm³/mol. The Morgan fingerprint density at radius 2 is 1.83 bits per heavy atom. The number of fused-ring (bicyclic) bond motifs is 1. The number of β-amino-alcohol motifs (C(OH)–C–C–N with tert-alkyl or cyclic N) is 1. The topological polar surface area (TPSA) is 248 Å². The van der Waals surface area contributed by atoms with Crippen LogP contribution in [0.25, 0.3) is 21.6 Å². The minimum atomic E-state index is -3.79. The van der Waals surface area contributed by atoms with Crippen molar-refractivity contribution in [3.8, 4) is 28.0 Å². The number of hydrogen-bond acceptors (Lipinski definition) is 14. The second kappa shape index (κ2) is 20.7. The molecule has 4 aromatic heterocycles. The van der Waals surface area contributed by atoms with Crippen LogP contribution < -0.4 is 26.6 Å². The van der Waals surface area contributed by atoms with Gasteiger partial charge in [0.05, 0.1) is 41.0 Å². The van der Waals surface area contributed by atoms with Gasteiger partial charge in [0.2, 0.25) is 32.7 Å². The molecule has 1 aliphatic rings. The maximum absolute atomic E-state index is 14.1. The highest BCUT2D eigenvalue weighted by atomic mass is 32.2. The Morgan fingerprint density at radius 3 is 2.52 bits per heavy atom. The highest BCUT2D eigenvalue weighted by Crippen LogP contribution is 2.29. The highest BCUT2D eigenvalue weighted by Gasteiger charge is 2.44. The number of rotatable bonds is 16. The van der Waals surface area contributed by atoms with Gasteiger partial charge < -0.3 is 29.9 Å². The van der Waals surface area contributed by atoms with Crippen molar-refractivity contribution in [1.82, 2.24) is 54.2 Å². The molecule has 2 aromatic carbocycles. The molecule has 0 aliphatic carbocycles. The summed E-state index contributed by atoms with van der Waals surface area (Å²) in [5.74, 6) is 5.28. The van der Waals surface area contributed by atoms with E-state index in [-0.39, 0.29) is 67.2 Å². The molecule has 3 atom stereocenters. The monoisotopic (exact) mass is 981 g/mol. The number of benzene rings is 2. The Labute approximate surface area is 402 Å². The number of amides is 3. The summed E-state index contributed by atoms with van der Waals surface area (Å²) in [6.07, 6.45) is 2.95. The van der Waals surface area contributed by atoms with Crippen LogP contribution in [-0.4, -0.2) is 112 Å². The van der Waals surface area contributed by atoms with E-state index in [0.717, 1.165) is 41.7 Å². The van der Waals surface area contributed by atoms with E-state index in [1.54, 1.807) is 52.0 Å². The largest absolute Gasteiger partial charge is 0.492 e. The van der Waals surface area contributed by atoms with Crippen molar-refractivity contribution < 1.29 is 32.6 Å². The van der Waals surface area contributed by atoms with Gasteiger partial charge in [0, 0.05) is 58.0 Å². The van der Waals surface area contributed by atoms with Gasteiger partial charge in [0.15, 0.2) is 11.2 Å². The van der Waals surface area contributed by atoms with Gasteiger partial charge in [-0.25, -0.2) is 22.9 Å². The number of aliphatic hydroxyl groups is 1. The lowest BCUT2D eigenvalue weighted by atomic mass is 9.85. The predicted octanol–water partition coefficient (Wildman–Crippen LogP) is 2.12. The molecule has 0 radical (unpaired) electrons. The van der Waals surface area contributed by atoms with Gasteiger partial charge in [-0.1, -0.05) is 68.2 Å². The number of thiazole rings is 1. The summed E-state index contributed by atoms with van der Waals surface area (Å²) in [4.78, 5) is 77.5. The summed E-state index contributed by atoms with van der Waals surface area (Å²) in [7, 11) is -1.08. The van der Waals surface area contributed by atoms with E-state index in [0.29, 0.717) is 36.4 Å². The summed E-state index contributed by atoms with van der Waals surface area (Å²) in [5, 5.41) is 24.5. The van der Waals surface area contributed by atoms with Gasteiger partial charge in [-0.15, -0.1) is 16.4 Å². The first-order valence-electron chi connectivity index (χ1n) is 22.2. The van der Waals surface area contributed by atoms with Gasteiger partial charge in [-0.2, -0.15) is 4.98 Å². The Kier molecular flexibility index (Phi) is 15.0. The molecule has 364 valence electrons. The molecule has 5 heterocycles. The number of aliphatic hydroxyl groups excluding tert-OH is 1. The summed E-state index contributed by atoms with van der Waals surface area (Å²) in [5.41, 5.74) is 3.77. The Bertz CT molecular complexity index is 3190. The number of hydrogen-bond donors (Lipinski definition) is 3. The first-order chi connectivity index (χ1) is 32.7. The van der Waals surface area contributed by atoms with Crippen LogP contribution in [0.2, 0.25) is 0 Å². The number of sulfone groups is 1. The first kappa shape index (κ1) is 49.9. The lowest BCUT2D eigenvalue weighted by Gasteiger charge is -2.35. The van der Waals surface area contributed by atoms with Crippen LogP contribution in [0.3, 0.4) is 0 Å². The average Bonchev–Trinajstić information content (AvgIpc) is 4.11. The Balaban J connectivity index is 0.873. The SMILES string of the molecule is Cc1ncsc1-c1ccc(CNC(=O)[C@@H]2C[C@@H](O)CN2C(=O)C(NC(=O)CCCc2cn(CCOc3cccc(C#CCn4c(=O)n(C)c(=O)c5c4nc(S(C)(=O)=O)n5C)c3)nn2)C(C)(C)C)cc1. The Morgan fingerprint density at radius 1 is 1.07 bits per heavy atom. The summed E-state index contributed by atoms with van der Waals surface area (Å²) < 4.78 is 35.3. The maximum atomic E-state index is 14.1. The molecule has 22 heteroatoms. The van der Waals surface area contributed by atoms with Crippen LogP contribution in [0.5, 0.6) is 5.75 Å². The number of imidazole rings is 1. The number of nitrogens with one attached hydrogen (secondary N) is 2. The number of likely N-dealkylation sites (tertiary alicyclic amines) is 1. The number of ether oxygens (including phenoxy) is 1. The lowest BCUT2D eigenvalue weighted by Crippen LogP contribution is -2.57. The van der Waals surface area contributed by atoms with Gasteiger partial charge in [-0.3, -0.25) is 28.3 Å². The third-order valence-electron chi connectivity index (χ3n) is 11.7. The maximum Gasteiger partial charge on any atom is 0.333 e. The number of carbonyl (C=O) groups excluding carboxylic acids is 3. The molecule has 1 saturated heterocycles. The molecule has 0 saturated carbocycles. The standard InChI is InChI=1S/C47H55N11O9S2/c1-29-39(68-28-49-29)32-18-16-31(17-19-32)25-48-42(61)36-24-34(59)27-58(36)44(63)40(47(2,3)4)50-37(60)15-9-13-33-26-56(53-52-33)21-22-67-35-14-8-11-30(23-35)12-10-20-57-41-38(43(62)55(6)46(57)64)54(5)45(51-41)69(7,65)66/h8,11,14,16-19,23,26,28,34,36,40,59H,9,13,15,20-22,24-25,27H2,1-7H3,(H,48,61)(H,50,60)/t34-,36+,40?/m1/s1. The molecule has 1 unspecified atom stereocenters. The minimum Gasteiger partial charge on any atom is -0.492 e. The van der Waals surface area contributed by atoms with Gasteiger partial charge in [0.1, 0.15) is 24.4 Å². The fourth-order valence-corrected chi connectivity index (χ4v) is 9.68. The van der Waals surface area contributed by atoms with Crippen LogP contribution in [0.15, 0.2) is 75.0 Å². The smallest absolute Gasteiger partial charge is 0.333 e. The molecule has 6 aromatic rings. The van der Waals surface area contributed by atoms with Crippen LogP contribution in [0.1, 0.15) is 62.5 Å². The van der Waals surface area contributed by atoms with Gasteiger partial charge >= 0.3 is 5.69 Å². The van der Waals surface area contributed by atoms with Gasteiger partial charge in [0.25, 0.3) is 5.56 Å². The summed E-state index contributed by atoms with van der Waals surface area (Å²) >= 11 is 1.56. The number of carbonyl (C=O) groups is 3. The van der Waals surface area contributed by atoms with E-state index < -0.39 is 50.6 Å². The number of aryl methyl sites for hydroxylation is 3. The minimum absolute atomic E-state index is 0.0230. The molecule has 69 heavy (non-hydrogen) atoms. The van der Waals surface area contributed by atoms with Crippen LogP contribution >= 0.6 is 11.3 Å². The van der Waals surface area contributed by atoms with Crippen molar-refractivity contribution in [2.45, 2.75) is 96.4 Å². The molecule has 0 bridgehead atoms. The third-order valence-corrected chi connectivity index (χ3v) is 13.7. The van der Waals surface area contributed by atoms with Crippen molar-refractivity contribution in [1.29, 1.82) is 0 Å². The molecular weight excluding hydrogens is 927 g/mol. The van der Waals surface area contributed by atoms with E-state index in [4.69, 9.17) is 4.74 Å². The van der Waals surface area contributed by atoms with E-state index in [1.807, 2.05) is 52.0 Å². The molecule has 20 nitrogen and oxygen atoms in total. The molecule has 1 aliphatic heterocycles. The Hall–Kier alpha value is -6.96. The second-order valence-electron chi connectivity index (χ2n) is 18.1. The zero-order valence-electron chi connectivity index (χ0n) is 39.4. The average molecular weight is 982 g/mol. The number of aromatic nitrogens is 8. The van der Waals surface area contributed by atoms with Crippen LogP contribution in [0.4, 0.5) is 0 Å². The molecule has 3 amide bonds. The van der Waals surface area contributed by atoms with Crippen molar-refractivity contribution in [2.24, 2.45) is 19.5 Å². The van der Waals surface area contributed by atoms with E-state index >= 15 is 0 Å². The zero-order valence-corrected chi connectivity index (χ0v) is 41.1. The normalized spacial score (nSPS) is 15.4. The van der Waals surface area contributed by atoms with E-state index in [1.165, 1.54) is 19.0 Å². The summed E-state index contributed by atoms with van der Waals surface area (Å²) in [6, 6.07) is 13.0.